The molecule has 4 rings (SSSR count). The van der Waals surface area contributed by atoms with Crippen LogP contribution in [-0.2, 0) is 16.0 Å². The number of esters is 1. The van der Waals surface area contributed by atoms with Crippen molar-refractivity contribution in [1.29, 1.82) is 0 Å². The first kappa shape index (κ1) is 20.3. The number of amides is 2. The van der Waals surface area contributed by atoms with Gasteiger partial charge in [-0.3, -0.25) is 9.59 Å². The number of carbonyl (C=O) groups is 3. The maximum atomic E-state index is 13.0. The number of carbonyl (C=O) groups excluding carboxylic acids is 3. The Labute approximate surface area is 180 Å². The van der Waals surface area contributed by atoms with Crippen LogP contribution in [0.2, 0.25) is 0 Å². The zero-order valence-electron chi connectivity index (χ0n) is 17.1. The van der Waals surface area contributed by atoms with Crippen molar-refractivity contribution < 1.29 is 19.1 Å². The molecule has 31 heavy (non-hydrogen) atoms. The van der Waals surface area contributed by atoms with Gasteiger partial charge in [0.2, 0.25) is 5.91 Å². The molecule has 0 atom stereocenters. The summed E-state index contributed by atoms with van der Waals surface area (Å²) in [5.41, 5.74) is 3.98. The Hall–Kier alpha value is -3.93. The Balaban J connectivity index is 1.54. The zero-order chi connectivity index (χ0) is 21.8. The van der Waals surface area contributed by atoms with E-state index in [1.807, 2.05) is 24.3 Å². The van der Waals surface area contributed by atoms with Crippen molar-refractivity contribution in [3.63, 3.8) is 0 Å². The van der Waals surface area contributed by atoms with E-state index < -0.39 is 5.97 Å². The molecule has 6 nitrogen and oxygen atoms in total. The molecule has 1 aliphatic heterocycles. The van der Waals surface area contributed by atoms with Gasteiger partial charge in [-0.15, -0.1) is 0 Å². The van der Waals surface area contributed by atoms with E-state index >= 15 is 0 Å². The first-order valence-electron chi connectivity index (χ1n) is 10.0. The van der Waals surface area contributed by atoms with Crippen LogP contribution >= 0.6 is 0 Å². The van der Waals surface area contributed by atoms with E-state index in [0.717, 1.165) is 17.7 Å². The van der Waals surface area contributed by atoms with Crippen molar-refractivity contribution in [3.8, 4) is 11.1 Å². The minimum absolute atomic E-state index is 0.111. The van der Waals surface area contributed by atoms with E-state index in [-0.39, 0.29) is 18.4 Å². The van der Waals surface area contributed by atoms with E-state index in [9.17, 15) is 14.4 Å². The topological polar surface area (TPSA) is 75.7 Å². The number of para-hydroxylation sites is 1. The third-order valence-electron chi connectivity index (χ3n) is 5.38. The summed E-state index contributed by atoms with van der Waals surface area (Å²) in [6.07, 6.45) is 0.809. The highest BCUT2D eigenvalue weighted by Crippen LogP contribution is 2.29. The minimum Gasteiger partial charge on any atom is -0.465 e. The summed E-state index contributed by atoms with van der Waals surface area (Å²) in [6.45, 7) is 0.497. The number of anilines is 1. The molecule has 156 valence electrons. The number of nitrogens with one attached hydrogen (secondary N) is 1. The predicted octanol–water partition coefficient (Wildman–Crippen LogP) is 3.46. The van der Waals surface area contributed by atoms with Gasteiger partial charge in [0.05, 0.1) is 19.2 Å². The second kappa shape index (κ2) is 8.83. The third-order valence-corrected chi connectivity index (χ3v) is 5.38. The molecule has 2 amide bonds. The van der Waals surface area contributed by atoms with Gasteiger partial charge in [0.25, 0.3) is 5.91 Å². The molecule has 0 spiro atoms. The van der Waals surface area contributed by atoms with Gasteiger partial charge in [0, 0.05) is 17.8 Å². The van der Waals surface area contributed by atoms with Crippen LogP contribution in [0.4, 0.5) is 5.69 Å². The van der Waals surface area contributed by atoms with Crippen LogP contribution in [0.1, 0.15) is 26.3 Å². The smallest absolute Gasteiger partial charge is 0.338 e. The molecule has 0 aliphatic carbocycles. The molecule has 0 saturated carbocycles. The Morgan fingerprint density at radius 3 is 2.23 bits per heavy atom. The van der Waals surface area contributed by atoms with Crippen LogP contribution in [0.3, 0.4) is 0 Å². The number of ether oxygens (including phenoxy) is 1. The minimum atomic E-state index is -0.478. The third kappa shape index (κ3) is 4.05. The molecule has 6 heteroatoms. The van der Waals surface area contributed by atoms with Gasteiger partial charge < -0.3 is 15.0 Å². The predicted molar refractivity (Wildman–Crippen MR) is 118 cm³/mol. The van der Waals surface area contributed by atoms with Gasteiger partial charge in [-0.2, -0.15) is 0 Å². The zero-order valence-corrected chi connectivity index (χ0v) is 17.1. The average Bonchev–Trinajstić information content (AvgIpc) is 3.26. The Bertz CT molecular complexity index is 1160. The van der Waals surface area contributed by atoms with Crippen LogP contribution in [-0.4, -0.2) is 38.0 Å². The number of fused-ring (bicyclic) bond motifs is 1. The van der Waals surface area contributed by atoms with Crippen molar-refractivity contribution in [1.82, 2.24) is 5.32 Å². The molecule has 1 aliphatic rings. The second-order valence-corrected chi connectivity index (χ2v) is 7.19. The summed E-state index contributed by atoms with van der Waals surface area (Å²) in [7, 11) is 1.32. The molecule has 1 N–H and O–H groups in total. The molecule has 3 aromatic rings. The van der Waals surface area contributed by atoms with E-state index in [0.29, 0.717) is 28.8 Å². The molecule has 0 radical (unpaired) electrons. The first-order chi connectivity index (χ1) is 15.1. The van der Waals surface area contributed by atoms with E-state index in [1.54, 1.807) is 53.4 Å². The van der Waals surface area contributed by atoms with E-state index in [2.05, 4.69) is 5.32 Å². The summed E-state index contributed by atoms with van der Waals surface area (Å²) in [5, 5.41) is 2.73. The number of nitrogens with zero attached hydrogens (tertiary/aromatic N) is 1. The quantitative estimate of drug-likeness (QED) is 0.649. The largest absolute Gasteiger partial charge is 0.465 e. The molecule has 0 bridgehead atoms. The van der Waals surface area contributed by atoms with Crippen LogP contribution < -0.4 is 10.2 Å². The maximum absolute atomic E-state index is 13.0. The lowest BCUT2D eigenvalue weighted by Gasteiger charge is -2.18. The molecule has 3 aromatic carbocycles. The monoisotopic (exact) mass is 414 g/mol. The van der Waals surface area contributed by atoms with Gasteiger partial charge in [0.15, 0.2) is 0 Å². The number of rotatable bonds is 5. The number of benzene rings is 3. The summed E-state index contributed by atoms with van der Waals surface area (Å²) >= 11 is 0. The Morgan fingerprint density at radius 2 is 1.48 bits per heavy atom. The second-order valence-electron chi connectivity index (χ2n) is 7.19. The highest BCUT2D eigenvalue weighted by atomic mass is 16.5. The van der Waals surface area contributed by atoms with Crippen molar-refractivity contribution in [2.45, 2.75) is 6.42 Å². The van der Waals surface area contributed by atoms with Gasteiger partial charge in [-0.05, 0) is 41.3 Å². The molecular formula is C25H22N2O4. The fourth-order valence-corrected chi connectivity index (χ4v) is 3.87. The van der Waals surface area contributed by atoms with Crippen LogP contribution in [0.15, 0.2) is 72.8 Å². The fourth-order valence-electron chi connectivity index (χ4n) is 3.87. The fraction of sp³-hybridized carbons (Fsp3) is 0.160. The van der Waals surface area contributed by atoms with Gasteiger partial charge in [-0.25, -0.2) is 4.79 Å². The number of hydrogen-bond acceptors (Lipinski definition) is 4. The lowest BCUT2D eigenvalue weighted by Crippen LogP contribution is -2.39. The van der Waals surface area contributed by atoms with Gasteiger partial charge in [-0.1, -0.05) is 54.6 Å². The normalized spacial score (nSPS) is 12.2. The summed E-state index contributed by atoms with van der Waals surface area (Å²) in [4.78, 5) is 39.6. The van der Waals surface area contributed by atoms with Crippen molar-refractivity contribution in [2.75, 3.05) is 25.1 Å². The SMILES string of the molecule is COC(=O)c1ccccc1-c1ccccc1C(=O)NCC(=O)N1CCc2ccccc21. The first-order valence-corrected chi connectivity index (χ1v) is 10.0. The highest BCUT2D eigenvalue weighted by molar-refractivity contribution is 6.06. The molecule has 0 fully saturated rings. The Kier molecular flexibility index (Phi) is 5.80. The summed E-state index contributed by atoms with van der Waals surface area (Å²) in [6, 6.07) is 21.7. The van der Waals surface area contributed by atoms with Gasteiger partial charge in [0.1, 0.15) is 0 Å². The number of methoxy groups -OCH3 is 1. The number of hydrogen-bond donors (Lipinski definition) is 1. The molecule has 0 saturated heterocycles. The van der Waals surface area contributed by atoms with Crippen molar-refractivity contribution in [3.05, 3.63) is 89.5 Å². The maximum Gasteiger partial charge on any atom is 0.338 e. The van der Waals surface area contributed by atoms with Gasteiger partial charge >= 0.3 is 5.97 Å². The molecular weight excluding hydrogens is 392 g/mol. The summed E-state index contributed by atoms with van der Waals surface area (Å²) < 4.78 is 4.87. The Morgan fingerprint density at radius 1 is 0.871 bits per heavy atom. The molecule has 1 heterocycles. The van der Waals surface area contributed by atoms with Crippen LogP contribution in [0.25, 0.3) is 11.1 Å². The summed E-state index contributed by atoms with van der Waals surface area (Å²) in [5.74, 6) is -1.02. The molecule has 0 unspecified atom stereocenters. The van der Waals surface area contributed by atoms with E-state index in [4.69, 9.17) is 4.74 Å². The highest BCUT2D eigenvalue weighted by Gasteiger charge is 2.25. The van der Waals surface area contributed by atoms with Crippen molar-refractivity contribution >= 4 is 23.5 Å². The van der Waals surface area contributed by atoms with Crippen LogP contribution in [0, 0.1) is 0 Å². The lowest BCUT2D eigenvalue weighted by molar-refractivity contribution is -0.117. The average molecular weight is 414 g/mol. The van der Waals surface area contributed by atoms with E-state index in [1.165, 1.54) is 7.11 Å². The molecule has 0 aromatic heterocycles. The van der Waals surface area contributed by atoms with Crippen molar-refractivity contribution in [2.24, 2.45) is 0 Å². The van der Waals surface area contributed by atoms with Crippen LogP contribution in [0.5, 0.6) is 0 Å². The lowest BCUT2D eigenvalue weighted by atomic mass is 9.95. The standard InChI is InChI=1S/C25H22N2O4/c1-31-25(30)21-12-6-4-10-19(21)18-9-3-5-11-20(18)24(29)26-16-23(28)27-15-14-17-8-2-7-13-22(17)27/h2-13H,14-16H2,1H3,(H,26,29).